The Morgan fingerprint density at radius 1 is 1.23 bits per heavy atom. The van der Waals surface area contributed by atoms with Gasteiger partial charge in [0.25, 0.3) is 0 Å². The van der Waals surface area contributed by atoms with Crippen LogP contribution < -0.4 is 0 Å². The summed E-state index contributed by atoms with van der Waals surface area (Å²) >= 11 is 0. The van der Waals surface area contributed by atoms with E-state index in [9.17, 15) is 8.42 Å². The Labute approximate surface area is 79.5 Å². The molecule has 2 nitrogen and oxygen atoms in total. The highest BCUT2D eigenvalue weighted by molar-refractivity contribution is 7.90. The molecule has 1 rings (SSSR count). The van der Waals surface area contributed by atoms with Crippen LogP contribution in [0.4, 0.5) is 0 Å². The number of sulfone groups is 1. The molecule has 13 heavy (non-hydrogen) atoms. The van der Waals surface area contributed by atoms with Crippen molar-refractivity contribution in [3.8, 4) is 0 Å². The molecular weight excluding hydrogens is 184 g/mol. The molecule has 0 spiro atoms. The standard InChI is InChI=1S/C10H13O2S/c1-3-4-9-5-7-10(8-6-9)13(2,11)12/h4-8H,3H2,1-2H3. The first-order valence-electron chi connectivity index (χ1n) is 4.17. The molecule has 0 heterocycles. The van der Waals surface area contributed by atoms with Gasteiger partial charge < -0.3 is 0 Å². The van der Waals surface area contributed by atoms with E-state index in [1.54, 1.807) is 12.1 Å². The monoisotopic (exact) mass is 197 g/mol. The highest BCUT2D eigenvalue weighted by atomic mass is 32.2. The first kappa shape index (κ1) is 10.3. The summed E-state index contributed by atoms with van der Waals surface area (Å²) in [7, 11) is -3.05. The van der Waals surface area contributed by atoms with E-state index < -0.39 is 9.84 Å². The summed E-state index contributed by atoms with van der Waals surface area (Å²) in [5.41, 5.74) is 1.06. The molecule has 3 heteroatoms. The Morgan fingerprint density at radius 2 is 1.77 bits per heavy atom. The summed E-state index contributed by atoms with van der Waals surface area (Å²) in [6.45, 7) is 2.05. The zero-order chi connectivity index (χ0) is 9.90. The van der Waals surface area contributed by atoms with Gasteiger partial charge in [-0.3, -0.25) is 0 Å². The molecule has 0 aromatic heterocycles. The van der Waals surface area contributed by atoms with Crippen LogP contribution >= 0.6 is 0 Å². The number of benzene rings is 1. The summed E-state index contributed by atoms with van der Waals surface area (Å²) in [5.74, 6) is 0. The Kier molecular flexibility index (Phi) is 3.09. The lowest BCUT2D eigenvalue weighted by molar-refractivity contribution is 0.602. The maximum atomic E-state index is 11.1. The van der Waals surface area contributed by atoms with Gasteiger partial charge in [-0.05, 0) is 30.5 Å². The molecule has 0 saturated carbocycles. The molecule has 0 atom stereocenters. The second kappa shape index (κ2) is 3.92. The Balaban J connectivity index is 2.94. The van der Waals surface area contributed by atoms with Crippen molar-refractivity contribution in [3.63, 3.8) is 0 Å². The summed E-state index contributed by atoms with van der Waals surface area (Å²) in [4.78, 5) is 0.376. The molecular formula is C10H13O2S. The van der Waals surface area contributed by atoms with Gasteiger partial charge in [-0.25, -0.2) is 8.42 Å². The molecule has 0 N–H and O–H groups in total. The summed E-state index contributed by atoms with van der Waals surface area (Å²) in [5, 5.41) is 0. The summed E-state index contributed by atoms with van der Waals surface area (Å²) in [6, 6.07) is 6.91. The average Bonchev–Trinajstić information content (AvgIpc) is 2.04. The minimum absolute atomic E-state index is 0.376. The molecule has 0 aliphatic carbocycles. The highest BCUT2D eigenvalue weighted by Crippen LogP contribution is 2.12. The fourth-order valence-electron chi connectivity index (χ4n) is 1.09. The van der Waals surface area contributed by atoms with Gasteiger partial charge in [-0.15, -0.1) is 0 Å². The molecule has 1 aromatic rings. The van der Waals surface area contributed by atoms with Crippen LogP contribution in [0.15, 0.2) is 29.2 Å². The Hall–Kier alpha value is -0.830. The van der Waals surface area contributed by atoms with Gasteiger partial charge in [0, 0.05) is 6.26 Å². The summed E-state index contributed by atoms with van der Waals surface area (Å²) in [6.07, 6.45) is 4.22. The van der Waals surface area contributed by atoms with Crippen molar-refractivity contribution in [3.05, 3.63) is 36.2 Å². The molecule has 0 fully saturated rings. The fourth-order valence-corrected chi connectivity index (χ4v) is 1.72. The van der Waals surface area contributed by atoms with Gasteiger partial charge in [-0.1, -0.05) is 19.1 Å². The van der Waals surface area contributed by atoms with Gasteiger partial charge in [0.1, 0.15) is 0 Å². The maximum absolute atomic E-state index is 11.1. The Bertz CT molecular complexity index is 362. The van der Waals surface area contributed by atoms with Crippen LogP contribution in [0.1, 0.15) is 18.9 Å². The molecule has 1 radical (unpaired) electrons. The van der Waals surface area contributed by atoms with E-state index >= 15 is 0 Å². The van der Waals surface area contributed by atoms with Gasteiger partial charge in [-0.2, -0.15) is 0 Å². The van der Waals surface area contributed by atoms with Crippen LogP contribution in [0, 0.1) is 6.42 Å². The van der Waals surface area contributed by atoms with Gasteiger partial charge in [0.2, 0.25) is 0 Å². The summed E-state index contributed by atoms with van der Waals surface area (Å²) < 4.78 is 22.2. The lowest BCUT2D eigenvalue weighted by atomic mass is 10.1. The molecule has 1 aromatic carbocycles. The van der Waals surface area contributed by atoms with E-state index in [2.05, 4.69) is 0 Å². The van der Waals surface area contributed by atoms with Gasteiger partial charge >= 0.3 is 0 Å². The van der Waals surface area contributed by atoms with Crippen LogP contribution in [-0.2, 0) is 9.84 Å². The van der Waals surface area contributed by atoms with Crippen LogP contribution in [-0.4, -0.2) is 14.7 Å². The Morgan fingerprint density at radius 3 is 2.15 bits per heavy atom. The first-order valence-corrected chi connectivity index (χ1v) is 6.06. The van der Waals surface area contributed by atoms with E-state index in [-0.39, 0.29) is 0 Å². The first-order chi connectivity index (χ1) is 6.04. The van der Waals surface area contributed by atoms with Crippen molar-refractivity contribution < 1.29 is 8.42 Å². The normalized spacial score (nSPS) is 11.5. The van der Waals surface area contributed by atoms with E-state index in [4.69, 9.17) is 0 Å². The van der Waals surface area contributed by atoms with Crippen molar-refractivity contribution in [1.29, 1.82) is 0 Å². The van der Waals surface area contributed by atoms with E-state index in [1.165, 1.54) is 6.26 Å². The molecule has 0 bridgehead atoms. The molecule has 0 saturated heterocycles. The van der Waals surface area contributed by atoms with Crippen molar-refractivity contribution in [2.45, 2.75) is 18.2 Å². The minimum atomic E-state index is -3.05. The van der Waals surface area contributed by atoms with Crippen molar-refractivity contribution in [2.24, 2.45) is 0 Å². The average molecular weight is 197 g/mol. The second-order valence-electron chi connectivity index (χ2n) is 2.95. The molecule has 0 aliphatic heterocycles. The third kappa shape index (κ3) is 2.84. The third-order valence-corrected chi connectivity index (χ3v) is 2.88. The van der Waals surface area contributed by atoms with Gasteiger partial charge in [0.05, 0.1) is 4.90 Å². The van der Waals surface area contributed by atoms with Crippen molar-refractivity contribution >= 4 is 9.84 Å². The SMILES string of the molecule is CC[CH]c1ccc(S(C)(=O)=O)cc1. The lowest BCUT2D eigenvalue weighted by Gasteiger charge is -2.00. The van der Waals surface area contributed by atoms with Crippen LogP contribution in [0.5, 0.6) is 0 Å². The lowest BCUT2D eigenvalue weighted by Crippen LogP contribution is -1.96. The van der Waals surface area contributed by atoms with Crippen LogP contribution in [0.3, 0.4) is 0 Å². The predicted octanol–water partition coefficient (Wildman–Crippen LogP) is 2.05. The van der Waals surface area contributed by atoms with Crippen LogP contribution in [0.2, 0.25) is 0 Å². The number of hydrogen-bond donors (Lipinski definition) is 0. The van der Waals surface area contributed by atoms with E-state index in [0.29, 0.717) is 4.90 Å². The van der Waals surface area contributed by atoms with E-state index in [0.717, 1.165) is 12.0 Å². The number of rotatable bonds is 3. The van der Waals surface area contributed by atoms with Crippen LogP contribution in [0.25, 0.3) is 0 Å². The molecule has 0 aliphatic rings. The van der Waals surface area contributed by atoms with Crippen molar-refractivity contribution in [1.82, 2.24) is 0 Å². The zero-order valence-corrected chi connectivity index (χ0v) is 8.64. The minimum Gasteiger partial charge on any atom is -0.224 e. The number of hydrogen-bond acceptors (Lipinski definition) is 2. The largest absolute Gasteiger partial charge is 0.224 e. The smallest absolute Gasteiger partial charge is 0.175 e. The zero-order valence-electron chi connectivity index (χ0n) is 7.82. The highest BCUT2D eigenvalue weighted by Gasteiger charge is 2.05. The van der Waals surface area contributed by atoms with Crippen molar-refractivity contribution in [2.75, 3.05) is 6.26 Å². The van der Waals surface area contributed by atoms with Gasteiger partial charge in [0.15, 0.2) is 9.84 Å². The maximum Gasteiger partial charge on any atom is 0.175 e. The molecule has 0 amide bonds. The second-order valence-corrected chi connectivity index (χ2v) is 4.97. The topological polar surface area (TPSA) is 34.1 Å². The third-order valence-electron chi connectivity index (χ3n) is 1.75. The fraction of sp³-hybridized carbons (Fsp3) is 0.300. The molecule has 0 unspecified atom stereocenters. The van der Waals surface area contributed by atoms with E-state index in [1.807, 2.05) is 25.5 Å². The molecule has 71 valence electrons. The predicted molar refractivity (Wildman–Crippen MR) is 53.2 cm³/mol. The quantitative estimate of drug-likeness (QED) is 0.743.